The van der Waals surface area contributed by atoms with Crippen LogP contribution in [0.15, 0.2) is 0 Å². The first-order valence-corrected chi connectivity index (χ1v) is 6.39. The van der Waals surface area contributed by atoms with E-state index >= 15 is 0 Å². The fraction of sp³-hybridized carbons (Fsp3) is 0.833. The van der Waals surface area contributed by atoms with Crippen LogP contribution in [-0.4, -0.2) is 40.4 Å². The van der Waals surface area contributed by atoms with Gasteiger partial charge in [-0.15, -0.1) is 0 Å². The molecule has 6 nitrogen and oxygen atoms in total. The van der Waals surface area contributed by atoms with Crippen molar-refractivity contribution in [3.63, 3.8) is 0 Å². The monoisotopic (exact) mass is 258 g/mol. The van der Waals surface area contributed by atoms with Crippen LogP contribution in [0.5, 0.6) is 0 Å². The lowest BCUT2D eigenvalue weighted by Gasteiger charge is -2.34. The number of hydrogen-bond acceptors (Lipinski definition) is 3. The maximum Gasteiger partial charge on any atom is 0.326 e. The molecule has 1 rings (SSSR count). The van der Waals surface area contributed by atoms with Crippen molar-refractivity contribution >= 4 is 12.0 Å². The lowest BCUT2D eigenvalue weighted by molar-refractivity contribution is -0.139. The fourth-order valence-corrected chi connectivity index (χ4v) is 2.31. The number of amides is 2. The number of carbonyl (C=O) groups is 2. The molecule has 1 saturated carbocycles. The first kappa shape index (κ1) is 14.8. The third-order valence-electron chi connectivity index (χ3n) is 3.39. The van der Waals surface area contributed by atoms with Crippen LogP contribution in [0.1, 0.15) is 45.4 Å². The fourth-order valence-electron chi connectivity index (χ4n) is 2.31. The van der Waals surface area contributed by atoms with E-state index in [1.165, 1.54) is 6.42 Å². The summed E-state index contributed by atoms with van der Waals surface area (Å²) in [5, 5.41) is 22.8. The molecule has 0 aromatic rings. The van der Waals surface area contributed by atoms with E-state index in [2.05, 4.69) is 10.6 Å². The number of aliphatic hydroxyl groups is 1. The second-order valence-electron chi connectivity index (χ2n) is 5.12. The van der Waals surface area contributed by atoms with Crippen molar-refractivity contribution in [3.8, 4) is 0 Å². The summed E-state index contributed by atoms with van der Waals surface area (Å²) in [6.07, 6.45) is 5.18. The molecule has 0 unspecified atom stereocenters. The highest BCUT2D eigenvalue weighted by atomic mass is 16.4. The molecule has 0 aromatic heterocycles. The van der Waals surface area contributed by atoms with Gasteiger partial charge >= 0.3 is 12.0 Å². The predicted molar refractivity (Wildman–Crippen MR) is 66.3 cm³/mol. The highest BCUT2D eigenvalue weighted by Gasteiger charge is 2.29. The van der Waals surface area contributed by atoms with Crippen molar-refractivity contribution in [2.24, 2.45) is 0 Å². The molecule has 0 bridgehead atoms. The van der Waals surface area contributed by atoms with Gasteiger partial charge in [0.1, 0.15) is 6.04 Å². The van der Waals surface area contributed by atoms with Crippen molar-refractivity contribution in [1.29, 1.82) is 0 Å². The molecule has 0 radical (unpaired) electrons. The van der Waals surface area contributed by atoms with Gasteiger partial charge in [0, 0.05) is 18.6 Å². The van der Waals surface area contributed by atoms with Gasteiger partial charge in [0.25, 0.3) is 0 Å². The molecule has 0 aromatic carbocycles. The van der Waals surface area contributed by atoms with Crippen LogP contribution in [0, 0.1) is 0 Å². The minimum Gasteiger partial charge on any atom is -0.480 e. The molecule has 0 aliphatic heterocycles. The molecule has 1 aliphatic carbocycles. The smallest absolute Gasteiger partial charge is 0.326 e. The van der Waals surface area contributed by atoms with Gasteiger partial charge in [-0.3, -0.25) is 0 Å². The van der Waals surface area contributed by atoms with Crippen LogP contribution in [0.4, 0.5) is 4.79 Å². The Morgan fingerprint density at radius 2 is 1.89 bits per heavy atom. The highest BCUT2D eigenvalue weighted by molar-refractivity contribution is 5.82. The molecule has 4 N–H and O–H groups in total. The average molecular weight is 258 g/mol. The summed E-state index contributed by atoms with van der Waals surface area (Å²) < 4.78 is 0. The molecule has 6 heteroatoms. The Balaban J connectivity index is 2.46. The van der Waals surface area contributed by atoms with Gasteiger partial charge in [-0.05, 0) is 19.8 Å². The number of urea groups is 1. The van der Waals surface area contributed by atoms with Crippen LogP contribution in [0.25, 0.3) is 0 Å². The van der Waals surface area contributed by atoms with Crippen LogP contribution in [-0.2, 0) is 4.79 Å². The van der Waals surface area contributed by atoms with Gasteiger partial charge in [0.05, 0.1) is 0 Å². The maximum atomic E-state index is 11.7. The molecule has 1 aliphatic rings. The number of rotatable bonds is 5. The Bertz CT molecular complexity index is 300. The second-order valence-corrected chi connectivity index (χ2v) is 5.12. The van der Waals surface area contributed by atoms with E-state index < -0.39 is 18.0 Å². The highest BCUT2D eigenvalue weighted by Crippen LogP contribution is 2.27. The summed E-state index contributed by atoms with van der Waals surface area (Å²) in [5.74, 6) is -1.13. The summed E-state index contributed by atoms with van der Waals surface area (Å²) in [7, 11) is 0. The van der Waals surface area contributed by atoms with Crippen LogP contribution in [0.3, 0.4) is 0 Å². The van der Waals surface area contributed by atoms with E-state index in [-0.39, 0.29) is 18.6 Å². The van der Waals surface area contributed by atoms with Crippen molar-refractivity contribution in [3.05, 3.63) is 0 Å². The third kappa shape index (κ3) is 4.52. The molecular weight excluding hydrogens is 236 g/mol. The summed E-state index contributed by atoms with van der Waals surface area (Å²) in [6, 6.07) is -1.51. The quantitative estimate of drug-likeness (QED) is 0.587. The Labute approximate surface area is 107 Å². The van der Waals surface area contributed by atoms with Crippen LogP contribution < -0.4 is 10.6 Å². The molecule has 1 atom stereocenters. The zero-order valence-electron chi connectivity index (χ0n) is 10.7. The van der Waals surface area contributed by atoms with Gasteiger partial charge in [0.15, 0.2) is 0 Å². The van der Waals surface area contributed by atoms with Crippen molar-refractivity contribution in [1.82, 2.24) is 10.6 Å². The summed E-state index contributed by atoms with van der Waals surface area (Å²) in [6.45, 7) is 1.71. The van der Waals surface area contributed by atoms with E-state index in [0.717, 1.165) is 25.7 Å². The van der Waals surface area contributed by atoms with Crippen LogP contribution in [0.2, 0.25) is 0 Å². The SMILES string of the molecule is CC1(NC(=O)N[C@@H](CCO)C(=O)O)CCCCC1. The molecule has 1 fully saturated rings. The Morgan fingerprint density at radius 3 is 2.39 bits per heavy atom. The van der Waals surface area contributed by atoms with Gasteiger partial charge in [-0.1, -0.05) is 19.3 Å². The summed E-state index contributed by atoms with van der Waals surface area (Å²) >= 11 is 0. The zero-order valence-corrected chi connectivity index (χ0v) is 10.7. The maximum absolute atomic E-state index is 11.7. The first-order valence-electron chi connectivity index (χ1n) is 6.39. The van der Waals surface area contributed by atoms with Crippen molar-refractivity contribution in [2.75, 3.05) is 6.61 Å². The van der Waals surface area contributed by atoms with Gasteiger partial charge in [-0.2, -0.15) is 0 Å². The van der Waals surface area contributed by atoms with E-state index in [9.17, 15) is 9.59 Å². The molecule has 0 heterocycles. The Morgan fingerprint density at radius 1 is 1.28 bits per heavy atom. The summed E-state index contributed by atoms with van der Waals surface area (Å²) in [4.78, 5) is 22.6. The van der Waals surface area contributed by atoms with Crippen molar-refractivity contribution in [2.45, 2.75) is 57.0 Å². The normalized spacial score (nSPS) is 19.9. The number of aliphatic hydroxyl groups excluding tert-OH is 1. The molecule has 104 valence electrons. The number of aliphatic carboxylic acids is 1. The first-order chi connectivity index (χ1) is 8.47. The molecule has 18 heavy (non-hydrogen) atoms. The second kappa shape index (κ2) is 6.58. The average Bonchev–Trinajstić information content (AvgIpc) is 2.28. The Kier molecular flexibility index (Phi) is 5.40. The molecule has 0 spiro atoms. The number of hydrogen-bond donors (Lipinski definition) is 4. The lowest BCUT2D eigenvalue weighted by atomic mass is 9.83. The van der Waals surface area contributed by atoms with E-state index in [0.29, 0.717) is 0 Å². The predicted octanol–water partition coefficient (Wildman–Crippen LogP) is 0.844. The minimum atomic E-state index is -1.13. The standard InChI is InChI=1S/C12H22N2O4/c1-12(6-3-2-4-7-12)14-11(18)13-9(5-8-15)10(16)17/h9,15H,2-8H2,1H3,(H,16,17)(H2,13,14,18)/t9-/m0/s1. The molecule has 2 amide bonds. The minimum absolute atomic E-state index is 0.0134. The number of carboxylic acid groups (broad SMARTS) is 1. The topological polar surface area (TPSA) is 98.7 Å². The summed E-state index contributed by atoms with van der Waals surface area (Å²) in [5.41, 5.74) is -0.245. The van der Waals surface area contributed by atoms with E-state index in [4.69, 9.17) is 10.2 Å². The lowest BCUT2D eigenvalue weighted by Crippen LogP contribution is -2.54. The Hall–Kier alpha value is -1.30. The number of carbonyl (C=O) groups excluding carboxylic acids is 1. The van der Waals surface area contributed by atoms with Gasteiger partial charge in [-0.25, -0.2) is 9.59 Å². The molecular formula is C12H22N2O4. The molecule has 0 saturated heterocycles. The van der Waals surface area contributed by atoms with Crippen LogP contribution >= 0.6 is 0 Å². The zero-order chi connectivity index (χ0) is 13.6. The number of nitrogens with one attached hydrogen (secondary N) is 2. The largest absolute Gasteiger partial charge is 0.480 e. The van der Waals surface area contributed by atoms with E-state index in [1.807, 2.05) is 6.92 Å². The van der Waals surface area contributed by atoms with Gasteiger partial charge in [0.2, 0.25) is 0 Å². The van der Waals surface area contributed by atoms with Gasteiger partial charge < -0.3 is 20.8 Å². The van der Waals surface area contributed by atoms with Crippen molar-refractivity contribution < 1.29 is 19.8 Å². The van der Waals surface area contributed by atoms with E-state index in [1.54, 1.807) is 0 Å². The number of carboxylic acids is 1. The third-order valence-corrected chi connectivity index (χ3v) is 3.39.